The average molecular weight is 562 g/mol. The highest BCUT2D eigenvalue weighted by atomic mass is 35.5. The molecule has 0 radical (unpaired) electrons. The Morgan fingerprint density at radius 1 is 1.13 bits per heavy atom. The van der Waals surface area contributed by atoms with Crippen molar-refractivity contribution in [2.45, 2.75) is 64.3 Å². The summed E-state index contributed by atoms with van der Waals surface area (Å²) in [7, 11) is 0. The molecule has 2 aromatic carbocycles. The molecule has 2 aliphatic rings. The van der Waals surface area contributed by atoms with Crippen LogP contribution in [0.15, 0.2) is 42.5 Å². The Balaban J connectivity index is 1.41. The van der Waals surface area contributed by atoms with E-state index in [2.05, 4.69) is 10.6 Å². The van der Waals surface area contributed by atoms with Crippen LogP contribution in [0.4, 0.5) is 0 Å². The van der Waals surface area contributed by atoms with Crippen LogP contribution in [-0.2, 0) is 27.4 Å². The maximum atomic E-state index is 13.6. The fourth-order valence-electron chi connectivity index (χ4n) is 5.33. The number of aliphatic carboxylic acids is 1. The number of nitrogens with zero attached hydrogens (tertiary/aromatic N) is 1. The van der Waals surface area contributed by atoms with Crippen LogP contribution in [0.2, 0.25) is 10.0 Å². The fourth-order valence-corrected chi connectivity index (χ4v) is 5.84. The Bertz CT molecular complexity index is 1170. The number of hydrogen-bond acceptors (Lipinski definition) is 5. The number of nitrogens with one attached hydrogen (secondary N) is 2. The zero-order chi connectivity index (χ0) is 27.4. The minimum absolute atomic E-state index is 0.0632. The Morgan fingerprint density at radius 2 is 1.79 bits per heavy atom. The number of piperazine rings is 1. The molecule has 2 saturated heterocycles. The SMILES string of the molecule is CCC(CC)(C(=O)N[C@@H](Cc1ccc(OCc2c(Cl)cccc2Cl)cc1)C(=O)O)C(=O)N1CC2CC1CN2. The summed E-state index contributed by atoms with van der Waals surface area (Å²) in [5.41, 5.74) is 0.0840. The quantitative estimate of drug-likeness (QED) is 0.357. The normalized spacial score (nSPS) is 19.3. The first-order valence-electron chi connectivity index (χ1n) is 12.9. The van der Waals surface area contributed by atoms with Gasteiger partial charge in [-0.2, -0.15) is 0 Å². The Morgan fingerprint density at radius 3 is 2.32 bits per heavy atom. The predicted molar refractivity (Wildman–Crippen MR) is 145 cm³/mol. The third-order valence-electron chi connectivity index (χ3n) is 7.78. The van der Waals surface area contributed by atoms with Crippen molar-refractivity contribution in [3.63, 3.8) is 0 Å². The van der Waals surface area contributed by atoms with Crippen molar-refractivity contribution in [1.29, 1.82) is 0 Å². The van der Waals surface area contributed by atoms with Crippen molar-refractivity contribution >= 4 is 41.0 Å². The van der Waals surface area contributed by atoms with Crippen LogP contribution < -0.4 is 15.4 Å². The first kappa shape index (κ1) is 28.2. The van der Waals surface area contributed by atoms with Gasteiger partial charge in [0.2, 0.25) is 11.8 Å². The average Bonchev–Trinajstić information content (AvgIpc) is 3.54. The number of rotatable bonds is 11. The standard InChI is InChI=1S/C28H33Cl2N3O5/c1-3-28(4-2,27(37)33-15-18-13-19(33)14-31-18)26(36)32-24(25(34)35)12-17-8-10-20(11-9-17)38-16-21-22(29)6-5-7-23(21)30/h5-11,18-19,24,31H,3-4,12-16H2,1-2H3,(H,32,36)(H,34,35)/t18?,19?,24-/m0/s1. The smallest absolute Gasteiger partial charge is 0.326 e. The molecule has 3 N–H and O–H groups in total. The first-order chi connectivity index (χ1) is 18.2. The molecule has 0 aliphatic carbocycles. The van der Waals surface area contributed by atoms with Gasteiger partial charge in [0, 0.05) is 47.2 Å². The lowest BCUT2D eigenvalue weighted by Crippen LogP contribution is -2.58. The maximum absolute atomic E-state index is 13.6. The molecule has 3 atom stereocenters. The third kappa shape index (κ3) is 5.77. The van der Waals surface area contributed by atoms with Gasteiger partial charge in [-0.3, -0.25) is 9.59 Å². The van der Waals surface area contributed by atoms with E-state index >= 15 is 0 Å². The van der Waals surface area contributed by atoms with E-state index in [-0.39, 0.29) is 31.0 Å². The van der Waals surface area contributed by atoms with Gasteiger partial charge in [0.15, 0.2) is 0 Å². The number of amides is 2. The number of halogens is 2. The highest BCUT2D eigenvalue weighted by Crippen LogP contribution is 2.35. The van der Waals surface area contributed by atoms with Gasteiger partial charge >= 0.3 is 5.97 Å². The lowest BCUT2D eigenvalue weighted by molar-refractivity contribution is -0.155. The largest absolute Gasteiger partial charge is 0.489 e. The highest BCUT2D eigenvalue weighted by Gasteiger charge is 2.51. The van der Waals surface area contributed by atoms with Crippen LogP contribution in [0.3, 0.4) is 0 Å². The maximum Gasteiger partial charge on any atom is 0.326 e. The van der Waals surface area contributed by atoms with Crippen LogP contribution in [0, 0.1) is 5.41 Å². The summed E-state index contributed by atoms with van der Waals surface area (Å²) in [4.78, 5) is 41.0. The van der Waals surface area contributed by atoms with Crippen LogP contribution >= 0.6 is 23.2 Å². The van der Waals surface area contributed by atoms with Crippen molar-refractivity contribution in [3.8, 4) is 5.75 Å². The third-order valence-corrected chi connectivity index (χ3v) is 8.49. The van der Waals surface area contributed by atoms with Gasteiger partial charge < -0.3 is 25.4 Å². The number of ether oxygens (including phenoxy) is 1. The highest BCUT2D eigenvalue weighted by molar-refractivity contribution is 6.35. The molecule has 2 bridgehead atoms. The summed E-state index contributed by atoms with van der Waals surface area (Å²) < 4.78 is 5.79. The van der Waals surface area contributed by atoms with Gasteiger partial charge in [-0.1, -0.05) is 55.2 Å². The summed E-state index contributed by atoms with van der Waals surface area (Å²) in [5, 5.41) is 16.9. The number of likely N-dealkylation sites (tertiary alicyclic amines) is 1. The predicted octanol–water partition coefficient (Wildman–Crippen LogP) is 4.06. The molecule has 0 spiro atoms. The van der Waals surface area contributed by atoms with E-state index < -0.39 is 23.3 Å². The van der Waals surface area contributed by atoms with Gasteiger partial charge in [0.1, 0.15) is 23.8 Å². The van der Waals surface area contributed by atoms with Gasteiger partial charge in [-0.15, -0.1) is 0 Å². The molecule has 2 heterocycles. The van der Waals surface area contributed by atoms with E-state index in [9.17, 15) is 19.5 Å². The second-order valence-electron chi connectivity index (χ2n) is 9.94. The Labute approximate surface area is 232 Å². The van der Waals surface area contributed by atoms with Crippen LogP contribution in [0.25, 0.3) is 0 Å². The number of carbonyl (C=O) groups excluding carboxylic acids is 2. The van der Waals surface area contributed by atoms with Gasteiger partial charge in [-0.25, -0.2) is 4.79 Å². The summed E-state index contributed by atoms with van der Waals surface area (Å²) in [6.07, 6.45) is 1.54. The molecule has 4 rings (SSSR count). The molecule has 0 aromatic heterocycles. The van der Waals surface area contributed by atoms with Crippen molar-refractivity contribution < 1.29 is 24.2 Å². The molecule has 2 amide bonds. The van der Waals surface area contributed by atoms with E-state index in [1.54, 1.807) is 61.2 Å². The molecule has 10 heteroatoms. The van der Waals surface area contributed by atoms with Crippen LogP contribution in [0.1, 0.15) is 44.2 Å². The number of carbonyl (C=O) groups is 3. The van der Waals surface area contributed by atoms with Crippen LogP contribution in [-0.4, -0.2) is 59.0 Å². The monoisotopic (exact) mass is 561 g/mol. The number of hydrogen-bond donors (Lipinski definition) is 3. The van der Waals surface area contributed by atoms with Crippen molar-refractivity contribution in [2.75, 3.05) is 13.1 Å². The molecule has 2 fully saturated rings. The molecule has 8 nitrogen and oxygen atoms in total. The van der Waals surface area contributed by atoms with Crippen LogP contribution in [0.5, 0.6) is 5.75 Å². The second kappa shape index (κ2) is 11.9. The molecule has 204 valence electrons. The van der Waals surface area contributed by atoms with Gasteiger partial charge in [0.05, 0.1) is 0 Å². The van der Waals surface area contributed by atoms with E-state index in [1.807, 2.05) is 0 Å². The Kier molecular flexibility index (Phi) is 8.85. The number of benzene rings is 2. The summed E-state index contributed by atoms with van der Waals surface area (Å²) in [6.45, 7) is 5.10. The zero-order valence-electron chi connectivity index (χ0n) is 21.5. The molecule has 2 unspecified atom stereocenters. The fraction of sp³-hybridized carbons (Fsp3) is 0.464. The van der Waals surface area contributed by atoms with E-state index in [1.165, 1.54) is 0 Å². The number of carboxylic acid groups (broad SMARTS) is 1. The van der Waals surface area contributed by atoms with E-state index in [0.717, 1.165) is 13.0 Å². The molecule has 38 heavy (non-hydrogen) atoms. The van der Waals surface area contributed by atoms with Crippen molar-refractivity contribution in [3.05, 3.63) is 63.6 Å². The lowest BCUT2D eigenvalue weighted by Gasteiger charge is -2.37. The molecule has 2 aliphatic heterocycles. The van der Waals surface area contributed by atoms with Gasteiger partial charge in [0.25, 0.3) is 0 Å². The molecule has 2 aromatic rings. The first-order valence-corrected chi connectivity index (χ1v) is 13.7. The van der Waals surface area contributed by atoms with Gasteiger partial charge in [-0.05, 0) is 49.1 Å². The zero-order valence-corrected chi connectivity index (χ0v) is 23.0. The lowest BCUT2D eigenvalue weighted by atomic mass is 9.79. The summed E-state index contributed by atoms with van der Waals surface area (Å²) in [6, 6.07) is 11.3. The molecular weight excluding hydrogens is 529 g/mol. The Hall–Kier alpha value is -2.81. The summed E-state index contributed by atoms with van der Waals surface area (Å²) in [5.74, 6) is -1.34. The second-order valence-corrected chi connectivity index (χ2v) is 10.8. The minimum atomic E-state index is -1.30. The minimum Gasteiger partial charge on any atom is -0.489 e. The van der Waals surface area contributed by atoms with E-state index in [0.29, 0.717) is 46.3 Å². The summed E-state index contributed by atoms with van der Waals surface area (Å²) >= 11 is 12.4. The molecule has 0 saturated carbocycles. The van der Waals surface area contributed by atoms with Crippen molar-refractivity contribution in [1.82, 2.24) is 15.5 Å². The number of fused-ring (bicyclic) bond motifs is 2. The molecular formula is C28H33Cl2N3O5. The van der Waals surface area contributed by atoms with Crippen molar-refractivity contribution in [2.24, 2.45) is 5.41 Å². The number of carboxylic acids is 1. The van der Waals surface area contributed by atoms with E-state index in [4.69, 9.17) is 27.9 Å². The topological polar surface area (TPSA) is 108 Å².